The molecule has 0 heterocycles. The van der Waals surface area contributed by atoms with Gasteiger partial charge in [0.15, 0.2) is 0 Å². The Labute approximate surface area is 315 Å². The zero-order valence-corrected chi connectivity index (χ0v) is 32.0. The molecule has 7 rings (SSSR count). The maximum absolute atomic E-state index is 2.36. The van der Waals surface area contributed by atoms with Crippen LogP contribution in [0.5, 0.6) is 0 Å². The molecular weight excluding hydrogens is 663 g/mol. The third-order valence-electron chi connectivity index (χ3n) is 8.81. The zero-order valence-electron chi connectivity index (χ0n) is 30.0. The van der Waals surface area contributed by atoms with Gasteiger partial charge in [0.25, 0.3) is 0 Å². The SMILES string of the molecule is CC(C)(C)P([C]1[CH][CH][CH][CH]1)C(C)(C)C.[Fe+2].c1ccc([C]2[C](c3ccccc3)[C](c3ccccc3)[C](c3ccccc3)[C]2c2ccccc2)cc1. The third kappa shape index (κ3) is 8.73. The Morgan fingerprint density at radius 2 is 0.520 bits per heavy atom. The molecule has 2 saturated carbocycles. The molecule has 5 aromatic carbocycles. The Bertz CT molecular complexity index is 1410. The first-order chi connectivity index (χ1) is 23.6. The number of hydrogen-bond donors (Lipinski definition) is 0. The molecule has 0 bridgehead atoms. The van der Waals surface area contributed by atoms with Crippen LogP contribution in [0.15, 0.2) is 152 Å². The quantitative estimate of drug-likeness (QED) is 0.122. The Morgan fingerprint density at radius 3 is 0.700 bits per heavy atom. The first kappa shape index (κ1) is 38.3. The second-order valence-corrected chi connectivity index (χ2v) is 18.4. The molecule has 10 radical (unpaired) electrons. The molecule has 0 unspecified atom stereocenters. The van der Waals surface area contributed by atoms with Crippen molar-refractivity contribution < 1.29 is 17.1 Å². The van der Waals surface area contributed by atoms with Crippen molar-refractivity contribution in [2.75, 3.05) is 0 Å². The molecule has 0 amide bonds. The molecule has 0 N–H and O–H groups in total. The molecule has 0 spiro atoms. The van der Waals surface area contributed by atoms with Crippen LogP contribution in [0, 0.1) is 60.9 Å². The molecule has 0 atom stereocenters. The van der Waals surface area contributed by atoms with Crippen LogP contribution in [-0.2, 0) is 17.1 Å². The van der Waals surface area contributed by atoms with E-state index in [1.807, 2.05) is 0 Å². The minimum absolute atomic E-state index is 0. The van der Waals surface area contributed by atoms with Gasteiger partial charge in [0.1, 0.15) is 0 Å². The Hall–Kier alpha value is -2.95. The van der Waals surface area contributed by atoms with Gasteiger partial charge in [0, 0.05) is 35.2 Å². The van der Waals surface area contributed by atoms with Crippen LogP contribution in [0.1, 0.15) is 69.4 Å². The van der Waals surface area contributed by atoms with E-state index in [0.717, 1.165) is 0 Å². The molecule has 0 nitrogen and oxygen atoms in total. The molecule has 2 heteroatoms. The summed E-state index contributed by atoms with van der Waals surface area (Å²) >= 11 is 0. The van der Waals surface area contributed by atoms with Crippen molar-refractivity contribution in [1.29, 1.82) is 0 Å². The van der Waals surface area contributed by atoms with Crippen molar-refractivity contribution >= 4 is 7.92 Å². The van der Waals surface area contributed by atoms with Crippen LogP contribution < -0.4 is 0 Å². The van der Waals surface area contributed by atoms with E-state index in [4.69, 9.17) is 0 Å². The molecule has 50 heavy (non-hydrogen) atoms. The Morgan fingerprint density at radius 1 is 0.320 bits per heavy atom. The van der Waals surface area contributed by atoms with Crippen molar-refractivity contribution in [2.24, 2.45) is 0 Å². The molecule has 2 fully saturated rings. The maximum atomic E-state index is 2.36. The summed E-state index contributed by atoms with van der Waals surface area (Å²) in [4.78, 5) is 0. The normalized spacial score (nSPS) is 17.0. The van der Waals surface area contributed by atoms with Gasteiger partial charge in [0.05, 0.1) is 0 Å². The van der Waals surface area contributed by atoms with E-state index in [1.54, 1.807) is 5.66 Å². The number of benzene rings is 5. The van der Waals surface area contributed by atoms with E-state index in [1.165, 1.54) is 57.4 Å². The van der Waals surface area contributed by atoms with Gasteiger partial charge in [-0.05, 0) is 63.8 Å². The first-order valence-corrected chi connectivity index (χ1v) is 18.6. The van der Waals surface area contributed by atoms with Gasteiger partial charge in [-0.2, -0.15) is 0 Å². The van der Waals surface area contributed by atoms with Gasteiger partial charge >= 0.3 is 17.1 Å². The summed E-state index contributed by atoms with van der Waals surface area (Å²) in [5.41, 5.74) is 7.67. The summed E-state index contributed by atoms with van der Waals surface area (Å²) in [6, 6.07) is 54.1. The Balaban J connectivity index is 0.000000275. The second kappa shape index (κ2) is 17.0. The fourth-order valence-electron chi connectivity index (χ4n) is 7.39. The van der Waals surface area contributed by atoms with E-state index in [-0.39, 0.29) is 25.0 Å². The number of hydrogen-bond acceptors (Lipinski definition) is 0. The van der Waals surface area contributed by atoms with Crippen LogP contribution in [0.4, 0.5) is 0 Å². The summed E-state index contributed by atoms with van der Waals surface area (Å²) in [6.07, 6.45) is 8.87. The van der Waals surface area contributed by atoms with Gasteiger partial charge in [-0.1, -0.05) is 201 Å². The molecule has 0 saturated heterocycles. The molecule has 250 valence electrons. The molecule has 2 aliphatic carbocycles. The largest absolute Gasteiger partial charge is 2.00 e. The predicted molar refractivity (Wildman–Crippen MR) is 211 cm³/mol. The van der Waals surface area contributed by atoms with Crippen LogP contribution in [-0.4, -0.2) is 10.3 Å². The van der Waals surface area contributed by atoms with E-state index in [0.29, 0.717) is 10.3 Å². The monoisotopic (exact) mass is 710 g/mol. The fourth-order valence-corrected chi connectivity index (χ4v) is 11.4. The fraction of sp³-hybridized carbons (Fsp3) is 0.167. The van der Waals surface area contributed by atoms with Gasteiger partial charge in [-0.15, -0.1) is 0 Å². The number of rotatable bonds is 6. The van der Waals surface area contributed by atoms with Gasteiger partial charge in [0.2, 0.25) is 0 Å². The van der Waals surface area contributed by atoms with Crippen molar-refractivity contribution in [1.82, 2.24) is 0 Å². The topological polar surface area (TPSA) is 0 Å². The van der Waals surface area contributed by atoms with Gasteiger partial charge in [-0.3, -0.25) is 0 Å². The summed E-state index contributed by atoms with van der Waals surface area (Å²) < 4.78 is 0. The molecule has 2 aliphatic rings. The maximum Gasteiger partial charge on any atom is 2.00 e. The standard InChI is InChI=1S/C35H25.C13H22P.Fe/c1-6-16-26(17-7-1)31-32(27-18-8-2-9-19-27)34(29-22-12-4-13-23-29)35(30-24-14-5-15-25-30)33(31)28-20-10-3-11-21-28;1-12(2,3)14(13(4,5)6)11-9-7-8-10-11;/h1-25H;7-10H,1-6H3;/q;;+2. The van der Waals surface area contributed by atoms with Crippen LogP contribution in [0.25, 0.3) is 0 Å². The van der Waals surface area contributed by atoms with E-state index >= 15 is 0 Å². The average Bonchev–Trinajstić information content (AvgIpc) is 3.76. The average molecular weight is 711 g/mol. The third-order valence-corrected chi connectivity index (χ3v) is 12.3. The molecular formula is C48H47FeP+2. The molecule has 5 aromatic rings. The molecule has 0 aromatic heterocycles. The van der Waals surface area contributed by atoms with Crippen LogP contribution >= 0.6 is 7.92 Å². The van der Waals surface area contributed by atoms with Crippen molar-refractivity contribution in [3.05, 3.63) is 240 Å². The summed E-state index contributed by atoms with van der Waals surface area (Å²) in [6.45, 7) is 14.1. The Kier molecular flexibility index (Phi) is 13.1. The smallest absolute Gasteiger partial charge is 0.0877 e. The summed E-state index contributed by atoms with van der Waals surface area (Å²) in [5.74, 6) is 6.39. The minimum atomic E-state index is -0.101. The van der Waals surface area contributed by atoms with Crippen LogP contribution in [0.3, 0.4) is 0 Å². The zero-order chi connectivity index (χ0) is 34.4. The summed E-state index contributed by atoms with van der Waals surface area (Å²) in [7, 11) is -0.101. The second-order valence-electron chi connectivity index (χ2n) is 14.5. The van der Waals surface area contributed by atoms with Crippen molar-refractivity contribution in [3.63, 3.8) is 0 Å². The van der Waals surface area contributed by atoms with E-state index in [9.17, 15) is 0 Å². The minimum Gasteiger partial charge on any atom is -0.0877 e. The van der Waals surface area contributed by atoms with Crippen molar-refractivity contribution in [2.45, 2.75) is 51.9 Å². The van der Waals surface area contributed by atoms with Crippen molar-refractivity contribution in [3.8, 4) is 0 Å². The summed E-state index contributed by atoms with van der Waals surface area (Å²) in [5, 5.41) is 0.782. The predicted octanol–water partition coefficient (Wildman–Crippen LogP) is 12.5. The van der Waals surface area contributed by atoms with Crippen LogP contribution in [0.2, 0.25) is 0 Å². The van der Waals surface area contributed by atoms with Gasteiger partial charge in [-0.25, -0.2) is 0 Å². The van der Waals surface area contributed by atoms with E-state index < -0.39 is 0 Å². The molecule has 0 aliphatic heterocycles. The first-order valence-electron chi connectivity index (χ1n) is 17.3. The van der Waals surface area contributed by atoms with Gasteiger partial charge < -0.3 is 0 Å². The van der Waals surface area contributed by atoms with E-state index in [2.05, 4.69) is 219 Å².